The number of esters is 1. The summed E-state index contributed by atoms with van der Waals surface area (Å²) < 4.78 is 16.3. The topological polar surface area (TPSA) is 97.7 Å². The van der Waals surface area contributed by atoms with Crippen molar-refractivity contribution in [3.05, 3.63) is 65.7 Å². The lowest BCUT2D eigenvalue weighted by atomic mass is 9.75. The van der Waals surface area contributed by atoms with Gasteiger partial charge in [0.1, 0.15) is 0 Å². The molecule has 9 nitrogen and oxygen atoms in total. The van der Waals surface area contributed by atoms with Gasteiger partial charge < -0.3 is 19.1 Å². The van der Waals surface area contributed by atoms with Crippen LogP contribution >= 0.6 is 0 Å². The second-order valence-electron chi connectivity index (χ2n) is 7.74. The number of rotatable bonds is 6. The minimum Gasteiger partial charge on any atom is -0.479 e. The summed E-state index contributed by atoms with van der Waals surface area (Å²) in [6.07, 6.45) is -0.860. The number of fused-ring (bicyclic) bond motifs is 2. The van der Waals surface area contributed by atoms with Crippen molar-refractivity contribution in [2.24, 2.45) is 5.10 Å². The van der Waals surface area contributed by atoms with Crippen LogP contribution in [-0.4, -0.2) is 54.7 Å². The van der Waals surface area contributed by atoms with E-state index in [1.807, 2.05) is 42.5 Å². The van der Waals surface area contributed by atoms with Gasteiger partial charge in [0.05, 0.1) is 26.4 Å². The summed E-state index contributed by atoms with van der Waals surface area (Å²) in [7, 11) is 0. The average molecular weight is 466 g/mol. The van der Waals surface area contributed by atoms with Crippen LogP contribution in [-0.2, 0) is 35.8 Å². The first-order valence-corrected chi connectivity index (χ1v) is 11.3. The number of anilines is 1. The molecule has 2 heterocycles. The lowest BCUT2D eigenvalue weighted by Gasteiger charge is -2.31. The van der Waals surface area contributed by atoms with Gasteiger partial charge >= 0.3 is 12.1 Å². The molecule has 0 aromatic heterocycles. The number of para-hydroxylation sites is 1. The van der Waals surface area contributed by atoms with E-state index in [4.69, 9.17) is 14.2 Å². The van der Waals surface area contributed by atoms with E-state index in [1.54, 1.807) is 37.8 Å². The molecule has 0 radical (unpaired) electrons. The predicted octanol–water partition coefficient (Wildman–Crippen LogP) is 3.23. The van der Waals surface area contributed by atoms with Crippen LogP contribution in [0.4, 0.5) is 10.5 Å². The van der Waals surface area contributed by atoms with Crippen molar-refractivity contribution < 1.29 is 28.6 Å². The Hall–Kier alpha value is -3.88. The van der Waals surface area contributed by atoms with Crippen molar-refractivity contribution in [3.8, 4) is 0 Å². The highest BCUT2D eigenvalue weighted by Gasteiger charge is 2.69. The molecule has 2 aromatic carbocycles. The van der Waals surface area contributed by atoms with Gasteiger partial charge in [-0.15, -0.1) is 5.10 Å². The quantitative estimate of drug-likeness (QED) is 0.608. The number of carbonyl (C=O) groups excluding carboxylic acids is 3. The Balaban J connectivity index is 1.91. The van der Waals surface area contributed by atoms with E-state index >= 15 is 0 Å². The Kier molecular flexibility index (Phi) is 6.54. The van der Waals surface area contributed by atoms with Crippen molar-refractivity contribution in [1.29, 1.82) is 0 Å². The van der Waals surface area contributed by atoms with E-state index in [0.29, 0.717) is 11.3 Å². The molecule has 0 bridgehead atoms. The summed E-state index contributed by atoms with van der Waals surface area (Å²) in [6, 6.07) is 15.3. The summed E-state index contributed by atoms with van der Waals surface area (Å²) in [4.78, 5) is 42.1. The summed E-state index contributed by atoms with van der Waals surface area (Å²) >= 11 is 0. The summed E-state index contributed by atoms with van der Waals surface area (Å²) in [5.41, 5.74) is 0.350. The van der Waals surface area contributed by atoms with Crippen LogP contribution in [0.1, 0.15) is 31.9 Å². The molecule has 0 aliphatic carbocycles. The van der Waals surface area contributed by atoms with Gasteiger partial charge in [-0.25, -0.2) is 9.59 Å². The number of benzene rings is 2. The molecular formula is C25H27N3O6. The number of nitrogens with zero attached hydrogens (tertiary/aromatic N) is 3. The minimum atomic E-state index is -1.69. The molecule has 1 spiro atoms. The molecule has 34 heavy (non-hydrogen) atoms. The Labute approximate surface area is 197 Å². The molecule has 0 saturated heterocycles. The van der Waals surface area contributed by atoms with Crippen molar-refractivity contribution in [2.45, 2.75) is 38.8 Å². The molecule has 9 heteroatoms. The van der Waals surface area contributed by atoms with Crippen molar-refractivity contribution in [1.82, 2.24) is 5.01 Å². The van der Waals surface area contributed by atoms with Crippen LogP contribution in [0.15, 0.2) is 59.7 Å². The number of hydrogen-bond acceptors (Lipinski definition) is 7. The van der Waals surface area contributed by atoms with Crippen LogP contribution in [0.5, 0.6) is 0 Å². The monoisotopic (exact) mass is 465 g/mol. The predicted molar refractivity (Wildman–Crippen MR) is 124 cm³/mol. The number of hydrogen-bond donors (Lipinski definition) is 0. The van der Waals surface area contributed by atoms with E-state index < -0.39 is 29.4 Å². The fourth-order valence-electron chi connectivity index (χ4n) is 4.52. The van der Waals surface area contributed by atoms with Gasteiger partial charge in [0, 0.05) is 11.3 Å². The molecule has 0 unspecified atom stereocenters. The Morgan fingerprint density at radius 3 is 2.29 bits per heavy atom. The first-order valence-electron chi connectivity index (χ1n) is 11.3. The third-order valence-corrected chi connectivity index (χ3v) is 5.82. The van der Waals surface area contributed by atoms with Gasteiger partial charge in [-0.2, -0.15) is 5.01 Å². The molecular weight excluding hydrogens is 438 g/mol. The normalized spacial score (nSPS) is 20.9. The van der Waals surface area contributed by atoms with E-state index in [0.717, 1.165) is 10.6 Å². The van der Waals surface area contributed by atoms with E-state index in [1.165, 1.54) is 0 Å². The number of ether oxygens (including phenoxy) is 3. The number of carbonyl (C=O) groups is 3. The van der Waals surface area contributed by atoms with Crippen LogP contribution in [0, 0.1) is 0 Å². The Bertz CT molecular complexity index is 1120. The average Bonchev–Trinajstić information content (AvgIpc) is 3.30. The van der Waals surface area contributed by atoms with Crippen molar-refractivity contribution in [2.75, 3.05) is 24.7 Å². The third kappa shape index (κ3) is 3.57. The maximum atomic E-state index is 14.3. The molecule has 0 N–H and O–H groups in total. The minimum absolute atomic E-state index is 0.0332. The SMILES string of the molecule is CCOC(=O)[C@@H]1N(C(=O)OCC)N=C(OCC)[C@@]12C(=O)N(Cc1ccccc1)c1ccccc12. The van der Waals surface area contributed by atoms with Gasteiger partial charge in [0.25, 0.3) is 0 Å². The highest BCUT2D eigenvalue weighted by Crippen LogP contribution is 2.50. The van der Waals surface area contributed by atoms with Gasteiger partial charge in [-0.3, -0.25) is 4.79 Å². The molecule has 2 atom stereocenters. The van der Waals surface area contributed by atoms with Gasteiger partial charge in [0.15, 0.2) is 11.5 Å². The molecule has 4 rings (SSSR count). The van der Waals surface area contributed by atoms with Crippen LogP contribution in [0.3, 0.4) is 0 Å². The zero-order chi connectivity index (χ0) is 24.3. The molecule has 0 fully saturated rings. The lowest BCUT2D eigenvalue weighted by Crippen LogP contribution is -2.59. The van der Waals surface area contributed by atoms with Gasteiger partial charge in [-0.1, -0.05) is 48.5 Å². The smallest absolute Gasteiger partial charge is 0.431 e. The molecule has 0 saturated carbocycles. The summed E-state index contributed by atoms with van der Waals surface area (Å²) in [5.74, 6) is -1.22. The largest absolute Gasteiger partial charge is 0.479 e. The van der Waals surface area contributed by atoms with Crippen molar-refractivity contribution >= 4 is 29.6 Å². The molecule has 2 amide bonds. The second-order valence-corrected chi connectivity index (χ2v) is 7.74. The fourth-order valence-corrected chi connectivity index (χ4v) is 4.52. The molecule has 178 valence electrons. The van der Waals surface area contributed by atoms with Crippen LogP contribution in [0.25, 0.3) is 0 Å². The Morgan fingerprint density at radius 1 is 0.941 bits per heavy atom. The fraction of sp³-hybridized carbons (Fsp3) is 0.360. The maximum Gasteiger partial charge on any atom is 0.431 e. The van der Waals surface area contributed by atoms with Gasteiger partial charge in [-0.05, 0) is 32.4 Å². The molecule has 2 aromatic rings. The maximum absolute atomic E-state index is 14.3. The zero-order valence-corrected chi connectivity index (χ0v) is 19.4. The number of amides is 2. The van der Waals surface area contributed by atoms with Gasteiger partial charge in [0.2, 0.25) is 11.8 Å². The third-order valence-electron chi connectivity index (χ3n) is 5.82. The van der Waals surface area contributed by atoms with E-state index in [9.17, 15) is 14.4 Å². The van der Waals surface area contributed by atoms with Crippen LogP contribution in [0.2, 0.25) is 0 Å². The van der Waals surface area contributed by atoms with Crippen molar-refractivity contribution in [3.63, 3.8) is 0 Å². The zero-order valence-electron chi connectivity index (χ0n) is 19.4. The van der Waals surface area contributed by atoms with E-state index in [-0.39, 0.29) is 32.3 Å². The summed E-state index contributed by atoms with van der Waals surface area (Å²) in [6.45, 7) is 5.64. The number of hydrazone groups is 1. The molecule has 2 aliphatic heterocycles. The first-order chi connectivity index (χ1) is 16.5. The molecule has 2 aliphatic rings. The highest BCUT2D eigenvalue weighted by molar-refractivity contribution is 6.26. The first kappa shape index (κ1) is 23.3. The van der Waals surface area contributed by atoms with E-state index in [2.05, 4.69) is 5.10 Å². The van der Waals surface area contributed by atoms with Crippen LogP contribution < -0.4 is 4.90 Å². The standard InChI is InChI=1S/C25H27N3O6/c1-4-32-21(29)20-25(22(33-5-2)26-28(20)24(31)34-6-3)18-14-10-11-15-19(18)27(23(25)30)16-17-12-8-7-9-13-17/h7-15,20H,4-6,16H2,1-3H3/t20-,25-/m0/s1. The Morgan fingerprint density at radius 2 is 1.62 bits per heavy atom. The summed E-state index contributed by atoms with van der Waals surface area (Å²) in [5, 5.41) is 5.19. The second kappa shape index (κ2) is 9.54. The lowest BCUT2D eigenvalue weighted by molar-refractivity contribution is -0.152. The highest BCUT2D eigenvalue weighted by atomic mass is 16.6.